The number of amides is 2. The molecule has 1 aliphatic heterocycles. The van der Waals surface area contributed by atoms with Crippen molar-refractivity contribution in [3.63, 3.8) is 0 Å². The third-order valence-corrected chi connectivity index (χ3v) is 4.22. The summed E-state index contributed by atoms with van der Waals surface area (Å²) in [5, 5.41) is 2.93. The highest BCUT2D eigenvalue weighted by Crippen LogP contribution is 2.27. The summed E-state index contributed by atoms with van der Waals surface area (Å²) in [4.78, 5) is 18.8. The molecule has 7 heteroatoms. The van der Waals surface area contributed by atoms with Crippen molar-refractivity contribution in [1.29, 1.82) is 0 Å². The summed E-state index contributed by atoms with van der Waals surface area (Å²) in [5.41, 5.74) is 2.09. The first-order valence-corrected chi connectivity index (χ1v) is 8.19. The number of nitrogens with one attached hydrogen (secondary N) is 1. The van der Waals surface area contributed by atoms with Crippen molar-refractivity contribution >= 4 is 22.8 Å². The van der Waals surface area contributed by atoms with E-state index in [4.69, 9.17) is 13.6 Å². The van der Waals surface area contributed by atoms with Gasteiger partial charge in [-0.25, -0.2) is 9.78 Å². The van der Waals surface area contributed by atoms with Gasteiger partial charge in [0.1, 0.15) is 23.1 Å². The Kier molecular flexibility index (Phi) is 3.93. The number of hydrogen-bond donors (Lipinski definition) is 1. The highest BCUT2D eigenvalue weighted by molar-refractivity contribution is 5.92. The summed E-state index contributed by atoms with van der Waals surface area (Å²) in [7, 11) is 0. The molecule has 0 radical (unpaired) electrons. The fraction of sp³-hybridized carbons (Fsp3) is 0.333. The Hall–Kier alpha value is -2.80. The minimum Gasteiger partial charge on any atom is -0.464 e. The van der Waals surface area contributed by atoms with Crippen LogP contribution in [0.5, 0.6) is 0 Å². The number of urea groups is 1. The molecule has 0 unspecified atom stereocenters. The summed E-state index contributed by atoms with van der Waals surface area (Å²) >= 11 is 0. The highest BCUT2D eigenvalue weighted by Gasteiger charge is 2.31. The van der Waals surface area contributed by atoms with Crippen molar-refractivity contribution in [2.75, 3.05) is 25.1 Å². The summed E-state index contributed by atoms with van der Waals surface area (Å²) in [6, 6.07) is 8.76. The van der Waals surface area contributed by atoms with Gasteiger partial charge in [-0.05, 0) is 37.3 Å². The number of fused-ring (bicyclic) bond motifs is 1. The zero-order valence-electron chi connectivity index (χ0n) is 14.1. The lowest BCUT2D eigenvalue weighted by molar-refractivity contribution is 0.00710. The first-order valence-electron chi connectivity index (χ1n) is 8.19. The molecule has 4 rings (SSSR count). The number of oxazole rings is 1. The molecule has 1 aliphatic rings. The van der Waals surface area contributed by atoms with Gasteiger partial charge in [-0.2, -0.15) is 0 Å². The number of aryl methyl sites for hydroxylation is 2. The molecule has 0 saturated carbocycles. The van der Waals surface area contributed by atoms with Crippen LogP contribution in [0.2, 0.25) is 0 Å². The Morgan fingerprint density at radius 3 is 2.92 bits per heavy atom. The molecule has 1 atom stereocenters. The van der Waals surface area contributed by atoms with Gasteiger partial charge in [0.05, 0.1) is 13.2 Å². The third-order valence-electron chi connectivity index (χ3n) is 4.22. The van der Waals surface area contributed by atoms with E-state index in [1.807, 2.05) is 19.1 Å². The van der Waals surface area contributed by atoms with Crippen molar-refractivity contribution in [2.24, 2.45) is 0 Å². The first kappa shape index (κ1) is 15.7. The molecular formula is C18H19N3O4. The Morgan fingerprint density at radius 2 is 2.12 bits per heavy atom. The van der Waals surface area contributed by atoms with Gasteiger partial charge in [0, 0.05) is 19.2 Å². The van der Waals surface area contributed by atoms with Crippen molar-refractivity contribution in [1.82, 2.24) is 9.88 Å². The second-order valence-electron chi connectivity index (χ2n) is 6.08. The molecule has 1 N–H and O–H groups in total. The SMILES string of the molecule is Cc1ccc([C@@H]2COCCN2C(=O)Nc2ccc3oc(C)nc3c2)o1. The van der Waals surface area contributed by atoms with Gasteiger partial charge >= 0.3 is 6.03 Å². The van der Waals surface area contributed by atoms with Crippen LogP contribution in [0.15, 0.2) is 39.2 Å². The zero-order valence-corrected chi connectivity index (χ0v) is 14.1. The average Bonchev–Trinajstić information content (AvgIpc) is 3.19. The van der Waals surface area contributed by atoms with Crippen LogP contribution in [-0.2, 0) is 4.74 Å². The van der Waals surface area contributed by atoms with E-state index in [9.17, 15) is 4.79 Å². The highest BCUT2D eigenvalue weighted by atomic mass is 16.5. The van der Waals surface area contributed by atoms with E-state index in [0.29, 0.717) is 36.9 Å². The van der Waals surface area contributed by atoms with Crippen LogP contribution in [0.4, 0.5) is 10.5 Å². The molecule has 7 nitrogen and oxygen atoms in total. The summed E-state index contributed by atoms with van der Waals surface area (Å²) < 4.78 is 16.7. The number of aromatic nitrogens is 1. The van der Waals surface area contributed by atoms with Crippen LogP contribution in [0.3, 0.4) is 0 Å². The van der Waals surface area contributed by atoms with E-state index >= 15 is 0 Å². The zero-order chi connectivity index (χ0) is 17.4. The fourth-order valence-corrected chi connectivity index (χ4v) is 3.03. The molecule has 0 aliphatic carbocycles. The molecule has 130 valence electrons. The van der Waals surface area contributed by atoms with Crippen LogP contribution < -0.4 is 5.32 Å². The number of benzene rings is 1. The number of ether oxygens (including phenoxy) is 1. The Balaban J connectivity index is 1.55. The minimum atomic E-state index is -0.236. The van der Waals surface area contributed by atoms with E-state index in [1.165, 1.54) is 0 Å². The number of hydrogen-bond acceptors (Lipinski definition) is 5. The lowest BCUT2D eigenvalue weighted by atomic mass is 10.2. The maximum atomic E-state index is 12.8. The van der Waals surface area contributed by atoms with Gasteiger partial charge in [-0.3, -0.25) is 0 Å². The van der Waals surface area contributed by atoms with Crippen LogP contribution in [0.25, 0.3) is 11.1 Å². The van der Waals surface area contributed by atoms with E-state index in [2.05, 4.69) is 10.3 Å². The third kappa shape index (κ3) is 3.10. The predicted molar refractivity (Wildman–Crippen MR) is 91.5 cm³/mol. The van der Waals surface area contributed by atoms with E-state index < -0.39 is 0 Å². The van der Waals surface area contributed by atoms with Crippen LogP contribution in [0, 0.1) is 13.8 Å². The molecule has 0 spiro atoms. The normalized spacial score (nSPS) is 17.8. The average molecular weight is 341 g/mol. The number of anilines is 1. The number of furan rings is 1. The monoisotopic (exact) mass is 341 g/mol. The summed E-state index contributed by atoms with van der Waals surface area (Å²) in [6.45, 7) is 5.10. The van der Waals surface area contributed by atoms with Crippen LogP contribution >= 0.6 is 0 Å². The molecule has 2 aromatic heterocycles. The lowest BCUT2D eigenvalue weighted by Gasteiger charge is -2.34. The minimum absolute atomic E-state index is 0.193. The molecule has 2 amide bonds. The number of nitrogens with zero attached hydrogens (tertiary/aromatic N) is 2. The smallest absolute Gasteiger partial charge is 0.322 e. The molecule has 0 bridgehead atoms. The van der Waals surface area contributed by atoms with Crippen molar-refractivity contribution in [3.8, 4) is 0 Å². The summed E-state index contributed by atoms with van der Waals surface area (Å²) in [5.74, 6) is 2.14. The lowest BCUT2D eigenvalue weighted by Crippen LogP contribution is -2.45. The Labute approximate surface area is 144 Å². The van der Waals surface area contributed by atoms with Gasteiger partial charge in [-0.1, -0.05) is 0 Å². The van der Waals surface area contributed by atoms with Crippen molar-refractivity contribution in [2.45, 2.75) is 19.9 Å². The Morgan fingerprint density at radius 1 is 1.24 bits per heavy atom. The Bertz CT molecular complexity index is 914. The van der Waals surface area contributed by atoms with E-state index in [0.717, 1.165) is 17.0 Å². The molecule has 25 heavy (non-hydrogen) atoms. The van der Waals surface area contributed by atoms with Crippen molar-refractivity contribution in [3.05, 3.63) is 47.7 Å². The molecule has 1 aromatic carbocycles. The molecule has 1 saturated heterocycles. The van der Waals surface area contributed by atoms with Gasteiger partial charge in [0.15, 0.2) is 11.5 Å². The van der Waals surface area contributed by atoms with Gasteiger partial charge in [0.2, 0.25) is 0 Å². The van der Waals surface area contributed by atoms with Gasteiger partial charge in [0.25, 0.3) is 0 Å². The predicted octanol–water partition coefficient (Wildman–Crippen LogP) is 3.64. The second kappa shape index (κ2) is 6.25. The molecule has 3 heterocycles. The first-order chi connectivity index (χ1) is 12.1. The molecule has 3 aromatic rings. The number of carbonyl (C=O) groups is 1. The number of rotatable bonds is 2. The fourth-order valence-electron chi connectivity index (χ4n) is 3.03. The maximum absolute atomic E-state index is 12.8. The van der Waals surface area contributed by atoms with E-state index in [-0.39, 0.29) is 12.1 Å². The van der Waals surface area contributed by atoms with Crippen LogP contribution in [0.1, 0.15) is 23.5 Å². The number of carbonyl (C=O) groups excluding carboxylic acids is 1. The van der Waals surface area contributed by atoms with Crippen molar-refractivity contribution < 1.29 is 18.4 Å². The topological polar surface area (TPSA) is 80.7 Å². The standard InChI is InChI=1S/C18H19N3O4/c1-11-3-5-17(24-11)15-10-23-8-7-21(15)18(22)20-13-4-6-16-14(9-13)19-12(2)25-16/h3-6,9,15H,7-8,10H2,1-2H3,(H,20,22)/t15-/m0/s1. The molecular weight excluding hydrogens is 322 g/mol. The van der Waals surface area contributed by atoms with E-state index in [1.54, 1.807) is 30.0 Å². The second-order valence-corrected chi connectivity index (χ2v) is 6.08. The maximum Gasteiger partial charge on any atom is 0.322 e. The largest absolute Gasteiger partial charge is 0.464 e. The van der Waals surface area contributed by atoms with Gasteiger partial charge < -0.3 is 23.8 Å². The quantitative estimate of drug-likeness (QED) is 0.769. The number of morpholine rings is 1. The summed E-state index contributed by atoms with van der Waals surface area (Å²) in [6.07, 6.45) is 0. The molecule has 1 fully saturated rings. The van der Waals surface area contributed by atoms with Gasteiger partial charge in [-0.15, -0.1) is 0 Å². The van der Waals surface area contributed by atoms with Crippen LogP contribution in [-0.4, -0.2) is 35.7 Å².